The largest absolute Gasteiger partial charge is 0.573 e. The quantitative estimate of drug-likeness (QED) is 0.284. The molecule has 0 spiro atoms. The molecule has 0 aliphatic carbocycles. The van der Waals surface area contributed by atoms with E-state index in [1.54, 1.807) is 0 Å². The molecule has 0 fully saturated rings. The molecule has 0 unspecified atom stereocenters. The van der Waals surface area contributed by atoms with E-state index in [0.717, 1.165) is 30.3 Å². The molecular weight excluding hydrogens is 454 g/mol. The molecule has 0 saturated carbocycles. The second kappa shape index (κ2) is 8.79. The molecule has 27 heavy (non-hydrogen) atoms. The lowest BCUT2D eigenvalue weighted by Gasteiger charge is -2.10. The SMILES string of the molecule is Nc1ccc(OC(F)(F)F)c(Br)c1.O=[N+]([O-])c1ccc(OC(F)(F)F)cc1. The fourth-order valence-electron chi connectivity index (χ4n) is 1.49. The lowest BCUT2D eigenvalue weighted by atomic mass is 10.3. The van der Waals surface area contributed by atoms with Crippen molar-refractivity contribution in [3.63, 3.8) is 0 Å². The third-order valence-electron chi connectivity index (χ3n) is 2.46. The monoisotopic (exact) mass is 462 g/mol. The van der Waals surface area contributed by atoms with Crippen LogP contribution in [0.3, 0.4) is 0 Å². The van der Waals surface area contributed by atoms with Crippen molar-refractivity contribution in [1.82, 2.24) is 0 Å². The van der Waals surface area contributed by atoms with Gasteiger partial charge < -0.3 is 15.2 Å². The maximum absolute atomic E-state index is 11.7. The Bertz CT molecular complexity index is 781. The van der Waals surface area contributed by atoms with E-state index in [9.17, 15) is 36.5 Å². The van der Waals surface area contributed by atoms with Crippen molar-refractivity contribution in [1.29, 1.82) is 0 Å². The van der Waals surface area contributed by atoms with Gasteiger partial charge in [0.1, 0.15) is 11.5 Å². The summed E-state index contributed by atoms with van der Waals surface area (Å²) in [5, 5.41) is 10.1. The number of anilines is 1. The summed E-state index contributed by atoms with van der Waals surface area (Å²) in [5.74, 6) is -0.787. The van der Waals surface area contributed by atoms with Crippen molar-refractivity contribution >= 4 is 27.3 Å². The minimum Gasteiger partial charge on any atom is -0.406 e. The molecule has 0 heterocycles. The average Bonchev–Trinajstić information content (AvgIpc) is 2.48. The maximum atomic E-state index is 11.7. The topological polar surface area (TPSA) is 87.6 Å². The van der Waals surface area contributed by atoms with E-state index in [-0.39, 0.29) is 15.9 Å². The van der Waals surface area contributed by atoms with Gasteiger partial charge in [-0.15, -0.1) is 26.3 Å². The number of non-ortho nitro benzene ring substituents is 1. The molecule has 0 bridgehead atoms. The number of benzene rings is 2. The number of rotatable bonds is 3. The molecule has 2 aromatic carbocycles. The number of nitrogen functional groups attached to an aromatic ring is 1. The van der Waals surface area contributed by atoms with Crippen LogP contribution in [0.15, 0.2) is 46.9 Å². The summed E-state index contributed by atoms with van der Waals surface area (Å²) in [6.07, 6.45) is -9.46. The van der Waals surface area contributed by atoms with Gasteiger partial charge >= 0.3 is 12.7 Å². The number of ether oxygens (including phenoxy) is 2. The van der Waals surface area contributed by atoms with Gasteiger partial charge in [0.15, 0.2) is 0 Å². The smallest absolute Gasteiger partial charge is 0.406 e. The predicted octanol–water partition coefficient (Wildman–Crippen LogP) is 5.42. The first kappa shape index (κ1) is 22.3. The Morgan fingerprint density at radius 1 is 0.926 bits per heavy atom. The zero-order valence-electron chi connectivity index (χ0n) is 12.8. The van der Waals surface area contributed by atoms with Crippen molar-refractivity contribution in [3.8, 4) is 11.5 Å². The first-order valence-electron chi connectivity index (χ1n) is 6.58. The third-order valence-corrected chi connectivity index (χ3v) is 3.08. The molecule has 0 aliphatic rings. The zero-order chi connectivity index (χ0) is 20.8. The summed E-state index contributed by atoms with van der Waals surface area (Å²) in [5.41, 5.74) is 5.39. The summed E-state index contributed by atoms with van der Waals surface area (Å²) >= 11 is 2.89. The molecule has 0 aliphatic heterocycles. The van der Waals surface area contributed by atoms with Gasteiger partial charge in [0.2, 0.25) is 0 Å². The Kier molecular flexibility index (Phi) is 7.28. The first-order chi connectivity index (χ1) is 12.3. The van der Waals surface area contributed by atoms with Gasteiger partial charge in [-0.1, -0.05) is 0 Å². The van der Waals surface area contributed by atoms with Crippen molar-refractivity contribution in [2.45, 2.75) is 12.7 Å². The number of nitrogens with two attached hydrogens (primary N) is 1. The summed E-state index contributed by atoms with van der Waals surface area (Å²) in [4.78, 5) is 9.43. The highest BCUT2D eigenvalue weighted by atomic mass is 79.9. The van der Waals surface area contributed by atoms with Crippen molar-refractivity contribution in [2.75, 3.05) is 5.73 Å². The van der Waals surface area contributed by atoms with Crippen LogP contribution in [0.4, 0.5) is 37.7 Å². The van der Waals surface area contributed by atoms with E-state index < -0.39 is 23.4 Å². The number of halogens is 7. The minimum absolute atomic E-state index is 0.171. The van der Waals surface area contributed by atoms with Crippen molar-refractivity contribution in [3.05, 3.63) is 57.1 Å². The second-order valence-corrected chi connectivity index (χ2v) is 5.39. The van der Waals surface area contributed by atoms with Crippen LogP contribution in [-0.2, 0) is 0 Å². The molecule has 2 rings (SSSR count). The van der Waals surface area contributed by atoms with E-state index in [2.05, 4.69) is 25.4 Å². The maximum Gasteiger partial charge on any atom is 0.573 e. The Balaban J connectivity index is 0.000000271. The van der Waals surface area contributed by atoms with Crippen LogP contribution < -0.4 is 15.2 Å². The number of alkyl halides is 6. The van der Waals surface area contributed by atoms with E-state index in [0.29, 0.717) is 5.69 Å². The molecule has 0 radical (unpaired) electrons. The summed E-state index contributed by atoms with van der Waals surface area (Å²) < 4.78 is 77.5. The molecule has 0 atom stereocenters. The number of nitrogens with zero attached hydrogens (tertiary/aromatic N) is 1. The molecule has 2 N–H and O–H groups in total. The van der Waals surface area contributed by atoms with Crippen molar-refractivity contribution < 1.29 is 40.7 Å². The summed E-state index contributed by atoms with van der Waals surface area (Å²) in [6, 6.07) is 7.43. The Hall–Kier alpha value is -2.70. The molecular formula is C14H9BrF6N2O4. The number of nitro groups is 1. The first-order valence-corrected chi connectivity index (χ1v) is 7.37. The van der Waals surface area contributed by atoms with Crippen LogP contribution >= 0.6 is 15.9 Å². The summed E-state index contributed by atoms with van der Waals surface area (Å²) in [6.45, 7) is 0. The van der Waals surface area contributed by atoms with Crippen LogP contribution in [0.2, 0.25) is 0 Å². The predicted molar refractivity (Wildman–Crippen MR) is 85.0 cm³/mol. The Morgan fingerprint density at radius 2 is 1.44 bits per heavy atom. The molecule has 2 aromatic rings. The fraction of sp³-hybridized carbons (Fsp3) is 0.143. The number of hydrogen-bond acceptors (Lipinski definition) is 5. The molecule has 13 heteroatoms. The van der Waals surface area contributed by atoms with Crippen LogP contribution in [-0.4, -0.2) is 17.6 Å². The van der Waals surface area contributed by atoms with E-state index in [1.807, 2.05) is 0 Å². The van der Waals surface area contributed by atoms with Crippen molar-refractivity contribution in [2.24, 2.45) is 0 Å². The zero-order valence-corrected chi connectivity index (χ0v) is 14.4. The van der Waals surface area contributed by atoms with Gasteiger partial charge in [-0.25, -0.2) is 0 Å². The van der Waals surface area contributed by atoms with Gasteiger partial charge in [0, 0.05) is 17.8 Å². The van der Waals surface area contributed by atoms with Gasteiger partial charge in [-0.3, -0.25) is 10.1 Å². The van der Waals surface area contributed by atoms with E-state index in [4.69, 9.17) is 5.73 Å². The van der Waals surface area contributed by atoms with Gasteiger partial charge in [-0.2, -0.15) is 0 Å². The standard InChI is InChI=1S/C7H5BrF3NO.C7H4F3NO3/c8-5-3-4(12)1-2-6(5)13-7(9,10)11;8-7(9,10)14-6-3-1-5(2-4-6)11(12)13/h1-3H,12H2;1-4H. The highest BCUT2D eigenvalue weighted by Crippen LogP contribution is 2.31. The van der Waals surface area contributed by atoms with Crippen LogP contribution in [0, 0.1) is 10.1 Å². The fourth-order valence-corrected chi connectivity index (χ4v) is 1.97. The highest BCUT2D eigenvalue weighted by Gasteiger charge is 2.32. The highest BCUT2D eigenvalue weighted by molar-refractivity contribution is 9.10. The minimum atomic E-state index is -4.78. The molecule has 0 aromatic heterocycles. The molecule has 148 valence electrons. The molecule has 6 nitrogen and oxygen atoms in total. The van der Waals surface area contributed by atoms with Crippen LogP contribution in [0.5, 0.6) is 11.5 Å². The molecule has 0 amide bonds. The van der Waals surface area contributed by atoms with Gasteiger partial charge in [0.25, 0.3) is 5.69 Å². The normalized spacial score (nSPS) is 11.2. The Labute approximate surface area is 155 Å². The molecule has 0 saturated heterocycles. The second-order valence-electron chi connectivity index (χ2n) is 4.54. The number of nitro benzene ring substituents is 1. The van der Waals surface area contributed by atoms with E-state index >= 15 is 0 Å². The third kappa shape index (κ3) is 8.99. The van der Waals surface area contributed by atoms with Crippen LogP contribution in [0.1, 0.15) is 0 Å². The lowest BCUT2D eigenvalue weighted by Crippen LogP contribution is -2.17. The number of hydrogen-bond donors (Lipinski definition) is 1. The summed E-state index contributed by atoms with van der Waals surface area (Å²) in [7, 11) is 0. The lowest BCUT2D eigenvalue weighted by molar-refractivity contribution is -0.384. The van der Waals surface area contributed by atoms with Crippen LogP contribution in [0.25, 0.3) is 0 Å². The average molecular weight is 463 g/mol. The van der Waals surface area contributed by atoms with Gasteiger partial charge in [-0.05, 0) is 46.3 Å². The van der Waals surface area contributed by atoms with E-state index in [1.165, 1.54) is 12.1 Å². The Morgan fingerprint density at radius 3 is 1.85 bits per heavy atom. The van der Waals surface area contributed by atoms with Gasteiger partial charge in [0.05, 0.1) is 9.40 Å².